The number of ether oxygens (including phenoxy) is 2. The van der Waals surface area contributed by atoms with Crippen LogP contribution >= 0.6 is 0 Å². The molecule has 0 N–H and O–H groups in total. The van der Waals surface area contributed by atoms with Gasteiger partial charge in [0.2, 0.25) is 10.0 Å². The summed E-state index contributed by atoms with van der Waals surface area (Å²) in [7, 11) is -1.59. The minimum Gasteiger partial charge on any atom is -0.489 e. The number of hydrogen-bond donors (Lipinski definition) is 0. The van der Waals surface area contributed by atoms with Crippen molar-refractivity contribution >= 4 is 21.7 Å². The van der Waals surface area contributed by atoms with Gasteiger partial charge in [0.15, 0.2) is 0 Å². The third-order valence-corrected chi connectivity index (χ3v) is 6.60. The Morgan fingerprint density at radius 1 is 1.32 bits per heavy atom. The van der Waals surface area contributed by atoms with Crippen LogP contribution in [0.5, 0.6) is 5.75 Å². The zero-order chi connectivity index (χ0) is 18.0. The second-order valence-corrected chi connectivity index (χ2v) is 8.26. The number of hydrogen-bond acceptors (Lipinski definition) is 6. The molecule has 0 spiro atoms. The molecule has 2 aliphatic heterocycles. The molecule has 0 saturated carbocycles. The van der Waals surface area contributed by atoms with Crippen molar-refractivity contribution in [2.45, 2.75) is 37.1 Å². The molecule has 1 saturated heterocycles. The number of rotatable bonds is 5. The van der Waals surface area contributed by atoms with Crippen molar-refractivity contribution in [3.8, 4) is 5.75 Å². The van der Waals surface area contributed by atoms with Crippen LogP contribution in [0.15, 0.2) is 23.1 Å². The fourth-order valence-electron chi connectivity index (χ4n) is 3.24. The number of benzene rings is 1. The number of esters is 1. The monoisotopic (exact) mass is 368 g/mol. The predicted molar refractivity (Wildman–Crippen MR) is 93.4 cm³/mol. The molecule has 0 amide bonds. The summed E-state index contributed by atoms with van der Waals surface area (Å²) < 4.78 is 37.6. The van der Waals surface area contributed by atoms with Crippen LogP contribution in [0.3, 0.4) is 0 Å². The first-order chi connectivity index (χ1) is 11.9. The van der Waals surface area contributed by atoms with Gasteiger partial charge >= 0.3 is 5.97 Å². The van der Waals surface area contributed by atoms with Crippen molar-refractivity contribution in [3.05, 3.63) is 18.2 Å². The lowest BCUT2D eigenvalue weighted by Crippen LogP contribution is -2.42. The Morgan fingerprint density at radius 3 is 2.72 bits per heavy atom. The average Bonchev–Trinajstić information content (AvgIpc) is 3.13. The molecule has 1 fully saturated rings. The Balaban J connectivity index is 1.80. The second kappa shape index (κ2) is 7.21. The first-order valence-electron chi connectivity index (χ1n) is 8.59. The van der Waals surface area contributed by atoms with Crippen molar-refractivity contribution in [1.29, 1.82) is 0 Å². The zero-order valence-corrected chi connectivity index (χ0v) is 15.4. The van der Waals surface area contributed by atoms with Gasteiger partial charge in [0.1, 0.15) is 12.4 Å². The molecule has 0 aromatic heterocycles. The average molecular weight is 368 g/mol. The number of carbonyl (C=O) groups is 1. The summed E-state index contributed by atoms with van der Waals surface area (Å²) in [6.45, 7) is 3.58. The number of nitrogens with zero attached hydrogens (tertiary/aromatic N) is 2. The number of sulfonamides is 1. The van der Waals surface area contributed by atoms with Gasteiger partial charge in [-0.15, -0.1) is 0 Å². The van der Waals surface area contributed by atoms with Crippen molar-refractivity contribution in [2.24, 2.45) is 0 Å². The van der Waals surface area contributed by atoms with E-state index in [1.807, 2.05) is 11.9 Å². The molecule has 8 heteroatoms. The molecule has 1 atom stereocenters. The highest BCUT2D eigenvalue weighted by molar-refractivity contribution is 7.89. The molecule has 1 aromatic carbocycles. The van der Waals surface area contributed by atoms with Crippen LogP contribution in [0.1, 0.15) is 26.2 Å². The fourth-order valence-corrected chi connectivity index (χ4v) is 4.78. The number of carbonyl (C=O) groups excluding carboxylic acids is 1. The van der Waals surface area contributed by atoms with Crippen LogP contribution in [-0.2, 0) is 19.6 Å². The lowest BCUT2D eigenvalue weighted by molar-refractivity contribution is -0.143. The lowest BCUT2D eigenvalue weighted by Gasteiger charge is -2.35. The number of likely N-dealkylation sites (N-methyl/N-ethyl adjacent to an activating group) is 1. The van der Waals surface area contributed by atoms with Crippen LogP contribution in [0.2, 0.25) is 0 Å². The van der Waals surface area contributed by atoms with E-state index in [4.69, 9.17) is 9.47 Å². The van der Waals surface area contributed by atoms with Crippen molar-refractivity contribution in [3.63, 3.8) is 0 Å². The Hall–Kier alpha value is -1.80. The Morgan fingerprint density at radius 2 is 2.04 bits per heavy atom. The van der Waals surface area contributed by atoms with E-state index in [2.05, 4.69) is 0 Å². The maximum atomic E-state index is 12.7. The highest BCUT2D eigenvalue weighted by Gasteiger charge is 2.31. The molecule has 3 rings (SSSR count). The van der Waals surface area contributed by atoms with Gasteiger partial charge in [0, 0.05) is 26.2 Å². The van der Waals surface area contributed by atoms with Crippen molar-refractivity contribution < 1.29 is 22.7 Å². The van der Waals surface area contributed by atoms with Gasteiger partial charge in [-0.3, -0.25) is 4.79 Å². The fraction of sp³-hybridized carbons (Fsp3) is 0.588. The largest absolute Gasteiger partial charge is 0.489 e. The lowest BCUT2D eigenvalue weighted by atomic mass is 10.1. The SMILES string of the molecule is CCOC(=O)CC1COc2cc(S(=O)(=O)N3CCCC3)ccc2N1C. The third-order valence-electron chi connectivity index (χ3n) is 4.70. The molecular formula is C17H24N2O5S. The van der Waals surface area contributed by atoms with E-state index in [9.17, 15) is 13.2 Å². The minimum atomic E-state index is -3.47. The maximum absolute atomic E-state index is 12.7. The first kappa shape index (κ1) is 18.0. The molecule has 2 heterocycles. The van der Waals surface area contributed by atoms with Crippen LogP contribution in [0.4, 0.5) is 5.69 Å². The molecule has 25 heavy (non-hydrogen) atoms. The summed E-state index contributed by atoms with van der Waals surface area (Å²) in [6, 6.07) is 4.81. The number of fused-ring (bicyclic) bond motifs is 1. The van der Waals surface area contributed by atoms with Crippen molar-refractivity contribution in [2.75, 3.05) is 38.3 Å². The van der Waals surface area contributed by atoms with Crippen LogP contribution in [0.25, 0.3) is 0 Å². The van der Waals surface area contributed by atoms with E-state index in [0.29, 0.717) is 32.1 Å². The normalized spacial score (nSPS) is 20.9. The van der Waals surface area contributed by atoms with Gasteiger partial charge in [-0.2, -0.15) is 4.31 Å². The molecule has 2 aliphatic rings. The first-order valence-corrected chi connectivity index (χ1v) is 10.0. The maximum Gasteiger partial charge on any atom is 0.307 e. The molecular weight excluding hydrogens is 344 g/mol. The van der Waals surface area contributed by atoms with Gasteiger partial charge in [-0.25, -0.2) is 8.42 Å². The van der Waals surface area contributed by atoms with Gasteiger partial charge in [0.05, 0.1) is 29.7 Å². The third kappa shape index (κ3) is 3.59. The highest BCUT2D eigenvalue weighted by Crippen LogP contribution is 2.36. The molecule has 1 unspecified atom stereocenters. The quantitative estimate of drug-likeness (QED) is 0.735. The summed E-state index contributed by atoms with van der Waals surface area (Å²) in [4.78, 5) is 13.9. The summed E-state index contributed by atoms with van der Waals surface area (Å²) in [5.74, 6) is 0.266. The van der Waals surface area contributed by atoms with Gasteiger partial charge in [-0.1, -0.05) is 0 Å². The predicted octanol–water partition coefficient (Wildman–Crippen LogP) is 1.62. The molecule has 0 bridgehead atoms. The van der Waals surface area contributed by atoms with E-state index in [-0.39, 0.29) is 23.3 Å². The summed E-state index contributed by atoms with van der Waals surface area (Å²) in [5, 5.41) is 0. The highest BCUT2D eigenvalue weighted by atomic mass is 32.2. The molecule has 1 aromatic rings. The zero-order valence-electron chi connectivity index (χ0n) is 14.6. The summed E-state index contributed by atoms with van der Waals surface area (Å²) in [5.41, 5.74) is 0.779. The molecule has 0 radical (unpaired) electrons. The smallest absolute Gasteiger partial charge is 0.307 e. The van der Waals surface area contributed by atoms with Gasteiger partial charge in [0.25, 0.3) is 0 Å². The van der Waals surface area contributed by atoms with E-state index >= 15 is 0 Å². The molecule has 0 aliphatic carbocycles. The van der Waals surface area contributed by atoms with Gasteiger partial charge < -0.3 is 14.4 Å². The Bertz CT molecular complexity index is 743. The van der Waals surface area contributed by atoms with Crippen LogP contribution in [0, 0.1) is 0 Å². The van der Waals surface area contributed by atoms with E-state index in [1.54, 1.807) is 25.1 Å². The summed E-state index contributed by atoms with van der Waals surface area (Å²) >= 11 is 0. The summed E-state index contributed by atoms with van der Waals surface area (Å²) in [6.07, 6.45) is 2.04. The van der Waals surface area contributed by atoms with E-state index in [1.165, 1.54) is 4.31 Å². The topological polar surface area (TPSA) is 76.1 Å². The van der Waals surface area contributed by atoms with E-state index < -0.39 is 10.0 Å². The Kier molecular flexibility index (Phi) is 5.19. The molecule has 7 nitrogen and oxygen atoms in total. The number of anilines is 1. The van der Waals surface area contributed by atoms with Crippen LogP contribution < -0.4 is 9.64 Å². The molecule has 138 valence electrons. The van der Waals surface area contributed by atoms with Crippen molar-refractivity contribution in [1.82, 2.24) is 4.31 Å². The van der Waals surface area contributed by atoms with E-state index in [0.717, 1.165) is 18.5 Å². The Labute approximate surface area is 148 Å². The second-order valence-electron chi connectivity index (χ2n) is 6.33. The van der Waals surface area contributed by atoms with Crippen LogP contribution in [-0.4, -0.2) is 58.1 Å². The minimum absolute atomic E-state index is 0.132. The van der Waals surface area contributed by atoms with Gasteiger partial charge in [-0.05, 0) is 31.9 Å². The standard InChI is InChI=1S/C17H24N2O5S/c1-3-23-17(20)10-13-12-24-16-11-14(6-7-15(16)18(13)2)25(21,22)19-8-4-5-9-19/h6-7,11,13H,3-5,8-10,12H2,1-2H3.